The highest BCUT2D eigenvalue weighted by Gasteiger charge is 2.18. The molecule has 2 N–H and O–H groups in total. The van der Waals surface area contributed by atoms with Crippen LogP contribution < -0.4 is 14.8 Å². The molecule has 0 unspecified atom stereocenters. The number of hydrogen-bond acceptors (Lipinski definition) is 4. The van der Waals surface area contributed by atoms with Crippen LogP contribution in [0.3, 0.4) is 0 Å². The highest BCUT2D eigenvalue weighted by atomic mass is 32.2. The first-order valence-electron chi connectivity index (χ1n) is 6.56. The van der Waals surface area contributed by atoms with Crippen molar-refractivity contribution in [3.63, 3.8) is 0 Å². The largest absolute Gasteiger partial charge is 0.496 e. The minimum atomic E-state index is -3.95. The van der Waals surface area contributed by atoms with Gasteiger partial charge in [0.2, 0.25) is 10.0 Å². The summed E-state index contributed by atoms with van der Waals surface area (Å²) in [5.74, 6) is 0.548. The van der Waals surface area contributed by atoms with Gasteiger partial charge < -0.3 is 10.1 Å². The van der Waals surface area contributed by atoms with Crippen molar-refractivity contribution in [1.82, 2.24) is 10.0 Å². The van der Waals surface area contributed by atoms with E-state index in [2.05, 4.69) is 5.32 Å². The molecule has 0 atom stereocenters. The molecule has 120 valence electrons. The van der Waals surface area contributed by atoms with Crippen LogP contribution in [0.2, 0.25) is 0 Å². The van der Waals surface area contributed by atoms with Crippen molar-refractivity contribution >= 4 is 10.0 Å². The van der Waals surface area contributed by atoms with Gasteiger partial charge in [0, 0.05) is 12.1 Å². The molecule has 0 radical (unpaired) electrons. The summed E-state index contributed by atoms with van der Waals surface area (Å²) >= 11 is 0. The van der Waals surface area contributed by atoms with Crippen LogP contribution in [0.4, 0.5) is 8.78 Å². The van der Waals surface area contributed by atoms with Gasteiger partial charge in [-0.3, -0.25) is 0 Å². The van der Waals surface area contributed by atoms with Gasteiger partial charge in [-0.25, -0.2) is 21.9 Å². The van der Waals surface area contributed by atoms with Gasteiger partial charge in [0.1, 0.15) is 5.75 Å². The Bertz CT molecular complexity index is 550. The monoisotopic (exact) mass is 322 g/mol. The molecule has 0 heterocycles. The number of rotatable bonds is 9. The second-order valence-electron chi connectivity index (χ2n) is 4.39. The second-order valence-corrected chi connectivity index (χ2v) is 6.16. The van der Waals surface area contributed by atoms with Crippen LogP contribution in [0.25, 0.3) is 0 Å². The zero-order valence-electron chi connectivity index (χ0n) is 12.0. The molecule has 0 aliphatic heterocycles. The Balaban J connectivity index is 2.95. The Labute approximate surface area is 123 Å². The fourth-order valence-corrected chi connectivity index (χ4v) is 2.77. The molecule has 1 aromatic rings. The Morgan fingerprint density at radius 1 is 1.33 bits per heavy atom. The lowest BCUT2D eigenvalue weighted by Crippen LogP contribution is -2.28. The predicted molar refractivity (Wildman–Crippen MR) is 76.2 cm³/mol. The van der Waals surface area contributed by atoms with Crippen LogP contribution in [-0.2, 0) is 16.6 Å². The molecule has 0 amide bonds. The molecule has 0 aromatic heterocycles. The summed E-state index contributed by atoms with van der Waals surface area (Å²) in [4.78, 5) is -0.0581. The number of halogens is 2. The minimum Gasteiger partial charge on any atom is -0.496 e. The number of nitrogens with one attached hydrogen (secondary N) is 2. The quantitative estimate of drug-likeness (QED) is 0.680. The normalized spacial score (nSPS) is 11.9. The van der Waals surface area contributed by atoms with E-state index in [9.17, 15) is 17.2 Å². The van der Waals surface area contributed by atoms with E-state index in [1.54, 1.807) is 0 Å². The van der Waals surface area contributed by atoms with Crippen LogP contribution >= 0.6 is 0 Å². The highest BCUT2D eigenvalue weighted by Crippen LogP contribution is 2.22. The Morgan fingerprint density at radius 2 is 2.05 bits per heavy atom. The standard InChI is InChI=1S/C13H20F2N2O3S/c1-3-6-16-8-10-7-11(4-5-12(10)20-2)21(18,19)17-9-13(14)15/h4-5,7,13,16-17H,3,6,8-9H2,1-2H3. The fraction of sp³-hybridized carbons (Fsp3) is 0.538. The molecule has 0 aliphatic rings. The molecule has 1 aromatic carbocycles. The molecule has 5 nitrogen and oxygen atoms in total. The average Bonchev–Trinajstić information content (AvgIpc) is 2.45. The summed E-state index contributed by atoms with van der Waals surface area (Å²) in [7, 11) is -2.46. The minimum absolute atomic E-state index is 0.0581. The van der Waals surface area contributed by atoms with Crippen LogP contribution in [0.5, 0.6) is 5.75 Å². The molecule has 0 saturated carbocycles. The van der Waals surface area contributed by atoms with Gasteiger partial charge in [-0.05, 0) is 31.2 Å². The summed E-state index contributed by atoms with van der Waals surface area (Å²) in [6.07, 6.45) is -1.79. The summed E-state index contributed by atoms with van der Waals surface area (Å²) in [6, 6.07) is 4.27. The van der Waals surface area contributed by atoms with Crippen molar-refractivity contribution in [2.45, 2.75) is 31.2 Å². The lowest BCUT2D eigenvalue weighted by atomic mass is 10.2. The number of ether oxygens (including phenoxy) is 1. The van der Waals surface area contributed by atoms with E-state index in [0.29, 0.717) is 17.9 Å². The van der Waals surface area contributed by atoms with Gasteiger partial charge in [-0.1, -0.05) is 6.92 Å². The molecule has 0 bridgehead atoms. The van der Waals surface area contributed by atoms with Crippen LogP contribution in [0.15, 0.2) is 23.1 Å². The van der Waals surface area contributed by atoms with E-state index < -0.39 is 23.0 Å². The maximum Gasteiger partial charge on any atom is 0.251 e. The Morgan fingerprint density at radius 3 is 2.62 bits per heavy atom. The highest BCUT2D eigenvalue weighted by molar-refractivity contribution is 7.89. The second kappa shape index (κ2) is 8.26. The van der Waals surface area contributed by atoms with Gasteiger partial charge in [-0.15, -0.1) is 0 Å². The van der Waals surface area contributed by atoms with E-state index in [4.69, 9.17) is 4.74 Å². The van der Waals surface area contributed by atoms with Gasteiger partial charge in [0.15, 0.2) is 0 Å². The third-order valence-corrected chi connectivity index (χ3v) is 4.15. The third kappa shape index (κ3) is 5.56. The fourth-order valence-electron chi connectivity index (χ4n) is 1.72. The van der Waals surface area contributed by atoms with Crippen molar-refractivity contribution in [3.05, 3.63) is 23.8 Å². The summed E-state index contributed by atoms with van der Waals surface area (Å²) in [6.45, 7) is 2.33. The van der Waals surface area contributed by atoms with Crippen LogP contribution in [0.1, 0.15) is 18.9 Å². The van der Waals surface area contributed by atoms with Gasteiger partial charge >= 0.3 is 0 Å². The maximum atomic E-state index is 12.1. The Kier molecular flexibility index (Phi) is 7.00. The summed E-state index contributed by atoms with van der Waals surface area (Å²) < 4.78 is 55.1. The maximum absolute atomic E-state index is 12.1. The summed E-state index contributed by atoms with van der Waals surface area (Å²) in [5.41, 5.74) is 0.658. The topological polar surface area (TPSA) is 67.4 Å². The van der Waals surface area contributed by atoms with Crippen molar-refractivity contribution in [2.75, 3.05) is 20.2 Å². The van der Waals surface area contributed by atoms with Crippen molar-refractivity contribution in [3.8, 4) is 5.75 Å². The molecular weight excluding hydrogens is 302 g/mol. The first kappa shape index (κ1) is 17.8. The van der Waals surface area contributed by atoms with E-state index >= 15 is 0 Å². The smallest absolute Gasteiger partial charge is 0.251 e. The first-order chi connectivity index (χ1) is 9.90. The van der Waals surface area contributed by atoms with Gasteiger partial charge in [0.25, 0.3) is 6.43 Å². The number of methoxy groups -OCH3 is 1. The van der Waals surface area contributed by atoms with Gasteiger partial charge in [-0.2, -0.15) is 0 Å². The molecule has 0 saturated heterocycles. The van der Waals surface area contributed by atoms with Crippen LogP contribution in [0, 0.1) is 0 Å². The molecular formula is C13H20F2N2O3S. The molecule has 1 rings (SSSR count). The first-order valence-corrected chi connectivity index (χ1v) is 8.04. The third-order valence-electron chi connectivity index (χ3n) is 2.73. The van der Waals surface area contributed by atoms with Crippen LogP contribution in [-0.4, -0.2) is 35.0 Å². The number of alkyl halides is 2. The number of hydrogen-bond donors (Lipinski definition) is 2. The Hall–Kier alpha value is -1.25. The molecule has 8 heteroatoms. The molecule has 0 spiro atoms. The van der Waals surface area contributed by atoms with E-state index in [1.165, 1.54) is 25.3 Å². The number of benzene rings is 1. The molecule has 21 heavy (non-hydrogen) atoms. The zero-order chi connectivity index (χ0) is 15.9. The van der Waals surface area contributed by atoms with Crippen molar-refractivity contribution in [2.24, 2.45) is 0 Å². The van der Waals surface area contributed by atoms with E-state index in [0.717, 1.165) is 13.0 Å². The molecule has 0 fully saturated rings. The number of sulfonamides is 1. The predicted octanol–water partition coefficient (Wildman–Crippen LogP) is 1.74. The van der Waals surface area contributed by atoms with E-state index in [-0.39, 0.29) is 4.90 Å². The van der Waals surface area contributed by atoms with Crippen molar-refractivity contribution in [1.29, 1.82) is 0 Å². The zero-order valence-corrected chi connectivity index (χ0v) is 12.8. The lowest BCUT2D eigenvalue weighted by molar-refractivity contribution is 0.153. The summed E-state index contributed by atoms with van der Waals surface area (Å²) in [5, 5.41) is 3.14. The van der Waals surface area contributed by atoms with Gasteiger partial charge in [0.05, 0.1) is 18.6 Å². The van der Waals surface area contributed by atoms with E-state index in [1.807, 2.05) is 11.6 Å². The lowest BCUT2D eigenvalue weighted by Gasteiger charge is -2.12. The van der Waals surface area contributed by atoms with Crippen molar-refractivity contribution < 1.29 is 21.9 Å². The average molecular weight is 322 g/mol. The molecule has 0 aliphatic carbocycles. The SMILES string of the molecule is CCCNCc1cc(S(=O)(=O)NCC(F)F)ccc1OC.